The van der Waals surface area contributed by atoms with Gasteiger partial charge in [0.25, 0.3) is 9.05 Å². The summed E-state index contributed by atoms with van der Waals surface area (Å²) >= 11 is 6.02. The largest absolute Gasteiger partial charge is 0.489 e. The number of rotatable bonds is 3. The Morgan fingerprint density at radius 1 is 1.07 bits per heavy atom. The summed E-state index contributed by atoms with van der Waals surface area (Å²) in [6.45, 7) is 10.3. The summed E-state index contributed by atoms with van der Waals surface area (Å²) < 4.78 is 27.5. The van der Waals surface area contributed by atoms with Crippen LogP contribution in [-0.4, -0.2) is 20.6 Å². The molecule has 0 aliphatic heterocycles. The summed E-state index contributed by atoms with van der Waals surface area (Å²) in [7, 11) is 1.54. The molecule has 1 fully saturated rings. The van der Waals surface area contributed by atoms with Crippen LogP contribution in [0.25, 0.3) is 0 Å². The first kappa shape index (κ1) is 24.5. The van der Waals surface area contributed by atoms with Crippen LogP contribution in [0.4, 0.5) is 0 Å². The predicted molar refractivity (Wildman–Crippen MR) is 120 cm³/mol. The van der Waals surface area contributed by atoms with Crippen LogP contribution in [0.3, 0.4) is 0 Å². The third-order valence-electron chi connectivity index (χ3n) is 5.57. The molecule has 30 heavy (non-hydrogen) atoms. The number of benzene rings is 2. The molecule has 162 valence electrons. The molecule has 0 atom stereocenters. The van der Waals surface area contributed by atoms with Crippen LogP contribution in [0.15, 0.2) is 47.4 Å². The van der Waals surface area contributed by atoms with E-state index in [4.69, 9.17) is 38.0 Å². The van der Waals surface area contributed by atoms with Gasteiger partial charge in [0.2, 0.25) is 0 Å². The zero-order chi connectivity index (χ0) is 22.9. The van der Waals surface area contributed by atoms with Gasteiger partial charge in [-0.05, 0) is 31.2 Å². The Labute approximate surface area is 188 Å². The van der Waals surface area contributed by atoms with Crippen molar-refractivity contribution in [3.8, 4) is 11.8 Å². The Kier molecular flexibility index (Phi) is 7.15. The van der Waals surface area contributed by atoms with Crippen LogP contribution < -0.4 is 10.5 Å². The van der Waals surface area contributed by atoms with Crippen LogP contribution in [0, 0.1) is 29.1 Å². The molecule has 0 bridgehead atoms. The molecule has 5 nitrogen and oxygen atoms in total. The van der Waals surface area contributed by atoms with Crippen LogP contribution in [0.5, 0.6) is 5.75 Å². The van der Waals surface area contributed by atoms with Gasteiger partial charge < -0.3 is 10.5 Å². The number of nitrogens with zero attached hydrogens (tertiary/aromatic N) is 1. The molecule has 0 aromatic heterocycles. The second kappa shape index (κ2) is 8.76. The standard InChI is InChI=1S/C15H19ClN2O.C7H7ClO2S/c1-14(2)12(18)15(3,4)13(14)19-10-6-5-9(8-17)11(16)7-10;1-6-2-4-7(5-3-6)11(8,9)10/h5-7,12-13H,18H2,1-4H3;2-5H,1H3. The highest BCUT2D eigenvalue weighted by atomic mass is 35.7. The Hall–Kier alpha value is -1.78. The van der Waals surface area contributed by atoms with Crippen molar-refractivity contribution < 1.29 is 13.2 Å². The van der Waals surface area contributed by atoms with E-state index in [2.05, 4.69) is 27.7 Å². The summed E-state index contributed by atoms with van der Waals surface area (Å²) in [6, 6.07) is 13.7. The predicted octanol–water partition coefficient (Wildman–Crippen LogP) is 5.27. The van der Waals surface area contributed by atoms with E-state index in [1.54, 1.807) is 30.3 Å². The maximum Gasteiger partial charge on any atom is 0.261 e. The Morgan fingerprint density at radius 3 is 2.03 bits per heavy atom. The summed E-state index contributed by atoms with van der Waals surface area (Å²) in [5.74, 6) is 0.682. The van der Waals surface area contributed by atoms with Gasteiger partial charge in [-0.3, -0.25) is 0 Å². The first-order valence-corrected chi connectivity index (χ1v) is 12.0. The fraction of sp³-hybridized carbons (Fsp3) is 0.409. The van der Waals surface area contributed by atoms with Crippen molar-refractivity contribution in [3.63, 3.8) is 0 Å². The molecule has 0 saturated heterocycles. The third kappa shape index (κ3) is 5.09. The zero-order valence-electron chi connectivity index (χ0n) is 17.6. The molecule has 2 aromatic rings. The number of hydrogen-bond donors (Lipinski definition) is 1. The SMILES string of the molecule is CC1(C)C(N)C(C)(C)C1Oc1ccc(C#N)c(Cl)c1.Cc1ccc(S(=O)(=O)Cl)cc1. The Morgan fingerprint density at radius 2 is 1.60 bits per heavy atom. The molecule has 2 N–H and O–H groups in total. The molecule has 0 radical (unpaired) electrons. The van der Waals surface area contributed by atoms with E-state index in [-0.39, 0.29) is 27.9 Å². The molecular formula is C22H26Cl2N2O3S. The molecule has 3 rings (SSSR count). The monoisotopic (exact) mass is 468 g/mol. The molecule has 1 aliphatic rings. The van der Waals surface area contributed by atoms with Crippen molar-refractivity contribution in [2.24, 2.45) is 16.6 Å². The van der Waals surface area contributed by atoms with Crippen molar-refractivity contribution >= 4 is 31.3 Å². The molecule has 8 heteroatoms. The molecule has 1 aliphatic carbocycles. The van der Waals surface area contributed by atoms with Crippen LogP contribution in [0.1, 0.15) is 38.8 Å². The minimum atomic E-state index is -3.55. The van der Waals surface area contributed by atoms with Crippen molar-refractivity contribution in [1.29, 1.82) is 5.26 Å². The smallest absolute Gasteiger partial charge is 0.261 e. The summed E-state index contributed by atoms with van der Waals surface area (Å²) in [6.07, 6.45) is 0.0269. The maximum absolute atomic E-state index is 10.7. The topological polar surface area (TPSA) is 93.2 Å². The van der Waals surface area contributed by atoms with Crippen molar-refractivity contribution in [2.75, 3.05) is 0 Å². The normalized spacial score (nSPS) is 21.4. The summed E-state index contributed by atoms with van der Waals surface area (Å²) in [5.41, 5.74) is 7.51. The molecule has 2 aromatic carbocycles. The lowest BCUT2D eigenvalue weighted by molar-refractivity contribution is -0.155. The van der Waals surface area contributed by atoms with Crippen LogP contribution >= 0.6 is 22.3 Å². The maximum atomic E-state index is 10.7. The van der Waals surface area contributed by atoms with Gasteiger partial charge in [-0.15, -0.1) is 0 Å². The van der Waals surface area contributed by atoms with Crippen molar-refractivity contribution in [3.05, 3.63) is 58.6 Å². The average Bonchev–Trinajstić information content (AvgIpc) is 2.65. The number of nitriles is 1. The van der Waals surface area contributed by atoms with Gasteiger partial charge in [-0.2, -0.15) is 5.26 Å². The zero-order valence-corrected chi connectivity index (χ0v) is 19.9. The molecule has 1 saturated carbocycles. The van der Waals surface area contributed by atoms with Gasteiger partial charge in [0.1, 0.15) is 17.9 Å². The van der Waals surface area contributed by atoms with E-state index < -0.39 is 9.05 Å². The van der Waals surface area contributed by atoms with E-state index in [1.807, 2.05) is 13.0 Å². The van der Waals surface area contributed by atoms with Gasteiger partial charge in [-0.1, -0.05) is 57.0 Å². The van der Waals surface area contributed by atoms with Gasteiger partial charge in [0, 0.05) is 33.6 Å². The summed E-state index contributed by atoms with van der Waals surface area (Å²) in [4.78, 5) is 0.143. The van der Waals surface area contributed by atoms with Gasteiger partial charge in [0.15, 0.2) is 0 Å². The van der Waals surface area contributed by atoms with E-state index in [1.165, 1.54) is 12.1 Å². The molecule has 0 amide bonds. The van der Waals surface area contributed by atoms with E-state index in [9.17, 15) is 8.42 Å². The van der Waals surface area contributed by atoms with Gasteiger partial charge >= 0.3 is 0 Å². The fourth-order valence-electron chi connectivity index (χ4n) is 3.95. The first-order chi connectivity index (χ1) is 13.7. The Bertz CT molecular complexity index is 1040. The van der Waals surface area contributed by atoms with E-state index >= 15 is 0 Å². The van der Waals surface area contributed by atoms with E-state index in [0.29, 0.717) is 16.3 Å². The van der Waals surface area contributed by atoms with Crippen molar-refractivity contribution in [1.82, 2.24) is 0 Å². The third-order valence-corrected chi connectivity index (χ3v) is 7.25. The number of ether oxygens (including phenoxy) is 1. The lowest BCUT2D eigenvalue weighted by Crippen LogP contribution is -2.72. The Balaban J connectivity index is 0.000000248. The highest BCUT2D eigenvalue weighted by Gasteiger charge is 2.61. The summed E-state index contributed by atoms with van der Waals surface area (Å²) in [5, 5.41) is 9.27. The van der Waals surface area contributed by atoms with Crippen molar-refractivity contribution in [2.45, 2.75) is 51.7 Å². The van der Waals surface area contributed by atoms with Gasteiger partial charge in [0.05, 0.1) is 15.5 Å². The lowest BCUT2D eigenvalue weighted by atomic mass is 9.50. The minimum Gasteiger partial charge on any atom is -0.489 e. The number of halogens is 2. The molecule has 0 heterocycles. The first-order valence-electron chi connectivity index (χ1n) is 9.34. The quantitative estimate of drug-likeness (QED) is 0.618. The minimum absolute atomic E-state index is 0.0269. The van der Waals surface area contributed by atoms with Gasteiger partial charge in [-0.25, -0.2) is 8.42 Å². The van der Waals surface area contributed by atoms with Crippen LogP contribution in [0.2, 0.25) is 5.02 Å². The second-order valence-electron chi connectivity index (χ2n) is 8.62. The van der Waals surface area contributed by atoms with Crippen LogP contribution in [-0.2, 0) is 9.05 Å². The molecule has 0 spiro atoms. The lowest BCUT2D eigenvalue weighted by Gasteiger charge is -2.61. The second-order valence-corrected chi connectivity index (χ2v) is 11.6. The average molecular weight is 469 g/mol. The van der Waals surface area contributed by atoms with E-state index in [0.717, 1.165) is 5.56 Å². The highest BCUT2D eigenvalue weighted by Crippen LogP contribution is 2.54. The number of hydrogen-bond acceptors (Lipinski definition) is 5. The molecule has 0 unspecified atom stereocenters. The number of aryl methyl sites for hydroxylation is 1. The molecular weight excluding hydrogens is 443 g/mol. The fourth-order valence-corrected chi connectivity index (χ4v) is 4.93. The number of nitrogens with two attached hydrogens (primary N) is 1. The highest BCUT2D eigenvalue weighted by molar-refractivity contribution is 8.13.